The molecule has 0 saturated carbocycles. The first-order valence-corrected chi connectivity index (χ1v) is 6.80. The van der Waals surface area contributed by atoms with Crippen LogP contribution in [0.1, 0.15) is 15.9 Å². The molecule has 6 nitrogen and oxygen atoms in total. The molecular weight excluding hydrogens is 355 g/mol. The van der Waals surface area contributed by atoms with E-state index in [1.54, 1.807) is 24.3 Å². The van der Waals surface area contributed by atoms with Crippen LogP contribution < -0.4 is 10.5 Å². The van der Waals surface area contributed by atoms with Crippen molar-refractivity contribution in [3.05, 3.63) is 53.7 Å². The van der Waals surface area contributed by atoms with Crippen LogP contribution in [-0.2, 0) is 11.2 Å². The summed E-state index contributed by atoms with van der Waals surface area (Å²) in [5.74, 6) is 0.565. The Kier molecular flexibility index (Phi) is 9.99. The molecule has 1 atom stereocenters. The number of ether oxygens (including phenoxy) is 2. The predicted molar refractivity (Wildman–Crippen MR) is 95.4 cm³/mol. The zero-order chi connectivity index (χ0) is 15.9. The molecule has 3 N–H and O–H groups in total. The summed E-state index contributed by atoms with van der Waals surface area (Å²) in [4.78, 5) is 15.4. The number of carbonyl (C=O) groups excluding carboxylic acids is 1. The van der Waals surface area contributed by atoms with Gasteiger partial charge in [-0.1, -0.05) is 12.1 Å². The lowest BCUT2D eigenvalue weighted by Gasteiger charge is -2.09. The fraction of sp³-hybridized carbons (Fsp3) is 0.250. The van der Waals surface area contributed by atoms with E-state index in [9.17, 15) is 4.79 Å². The van der Waals surface area contributed by atoms with Gasteiger partial charge < -0.3 is 20.3 Å². The molecule has 0 spiro atoms. The number of esters is 1. The lowest BCUT2D eigenvalue weighted by molar-refractivity contribution is 0.0600. The predicted octanol–water partition coefficient (Wildman–Crippen LogP) is 2.37. The molecule has 0 amide bonds. The van der Waals surface area contributed by atoms with E-state index >= 15 is 0 Å². The second kappa shape index (κ2) is 10.8. The Hall–Kier alpha value is -1.86. The number of carbonyl (C=O) groups is 1. The third-order valence-corrected chi connectivity index (χ3v) is 3.04. The molecule has 0 unspecified atom stereocenters. The number of aliphatic hydroxyl groups is 1. The molecule has 0 aliphatic heterocycles. The smallest absolute Gasteiger partial charge is 0.339 e. The number of aromatic nitrogens is 1. The molecule has 0 fully saturated rings. The number of halogens is 2. The molecule has 2 rings (SSSR count). The Balaban J connectivity index is 0.00000264. The number of methoxy groups -OCH3 is 1. The first kappa shape index (κ1) is 22.1. The van der Waals surface area contributed by atoms with Crippen molar-refractivity contribution >= 4 is 30.8 Å². The molecule has 0 radical (unpaired) electrons. The number of pyridine rings is 1. The van der Waals surface area contributed by atoms with Gasteiger partial charge in [0.15, 0.2) is 0 Å². The van der Waals surface area contributed by atoms with Gasteiger partial charge in [0.1, 0.15) is 5.75 Å². The first-order valence-electron chi connectivity index (χ1n) is 6.80. The van der Waals surface area contributed by atoms with Crippen LogP contribution in [-0.4, -0.2) is 35.8 Å². The SMILES string of the molecule is COC(=O)c1ccc(Oc2ccc(C[C@H](N)CO)cc2)nc1.Cl.Cl. The summed E-state index contributed by atoms with van der Waals surface area (Å²) < 4.78 is 10.2. The summed E-state index contributed by atoms with van der Waals surface area (Å²) in [6.07, 6.45) is 2.00. The van der Waals surface area contributed by atoms with Gasteiger partial charge in [-0.05, 0) is 30.2 Å². The van der Waals surface area contributed by atoms with E-state index in [1.807, 2.05) is 12.1 Å². The molecule has 1 aromatic carbocycles. The molecule has 1 aromatic heterocycles. The van der Waals surface area contributed by atoms with Gasteiger partial charge in [0.05, 0.1) is 19.3 Å². The molecule has 0 saturated heterocycles. The van der Waals surface area contributed by atoms with Gasteiger partial charge in [0.2, 0.25) is 5.88 Å². The van der Waals surface area contributed by atoms with Gasteiger partial charge in [0.25, 0.3) is 0 Å². The van der Waals surface area contributed by atoms with Crippen LogP contribution in [0.5, 0.6) is 11.6 Å². The summed E-state index contributed by atoms with van der Waals surface area (Å²) in [5.41, 5.74) is 7.07. The van der Waals surface area contributed by atoms with Crippen molar-refractivity contribution in [2.45, 2.75) is 12.5 Å². The highest BCUT2D eigenvalue weighted by molar-refractivity contribution is 5.88. The van der Waals surface area contributed by atoms with Crippen molar-refractivity contribution in [2.24, 2.45) is 5.73 Å². The monoisotopic (exact) mass is 374 g/mol. The summed E-state index contributed by atoms with van der Waals surface area (Å²) in [6.45, 7) is -0.0469. The maximum atomic E-state index is 11.3. The van der Waals surface area contributed by atoms with Crippen LogP contribution in [0.25, 0.3) is 0 Å². The first-order chi connectivity index (χ1) is 10.6. The zero-order valence-electron chi connectivity index (χ0n) is 13.0. The molecule has 0 bridgehead atoms. The minimum absolute atomic E-state index is 0. The largest absolute Gasteiger partial charge is 0.465 e. The van der Waals surface area contributed by atoms with Crippen molar-refractivity contribution in [1.29, 1.82) is 0 Å². The molecule has 8 heteroatoms. The van der Waals surface area contributed by atoms with Crippen LogP contribution in [0.3, 0.4) is 0 Å². The van der Waals surface area contributed by atoms with Gasteiger partial charge in [-0.25, -0.2) is 9.78 Å². The summed E-state index contributed by atoms with van der Waals surface area (Å²) in [7, 11) is 1.32. The van der Waals surface area contributed by atoms with Gasteiger partial charge in [-0.3, -0.25) is 0 Å². The Morgan fingerprint density at radius 2 is 1.88 bits per heavy atom. The number of benzene rings is 1. The summed E-state index contributed by atoms with van der Waals surface area (Å²) in [6, 6.07) is 10.3. The highest BCUT2D eigenvalue weighted by Gasteiger charge is 2.07. The standard InChI is InChI=1S/C16H18N2O4.2ClH/c1-21-16(20)12-4-7-15(18-9-12)22-14-5-2-11(3-6-14)8-13(17)10-19;;/h2-7,9,13,19H,8,10,17H2,1H3;2*1H/t13-;;/m0../s1. The number of aliphatic hydroxyl groups excluding tert-OH is 1. The summed E-state index contributed by atoms with van der Waals surface area (Å²) >= 11 is 0. The maximum Gasteiger partial charge on any atom is 0.339 e. The number of hydrogen-bond donors (Lipinski definition) is 2. The van der Waals surface area contributed by atoms with Crippen LogP contribution in [0.2, 0.25) is 0 Å². The topological polar surface area (TPSA) is 94.7 Å². The second-order valence-corrected chi connectivity index (χ2v) is 4.77. The van der Waals surface area contributed by atoms with Gasteiger partial charge >= 0.3 is 5.97 Å². The highest BCUT2D eigenvalue weighted by Crippen LogP contribution is 2.20. The minimum atomic E-state index is -0.441. The third-order valence-electron chi connectivity index (χ3n) is 3.04. The van der Waals surface area contributed by atoms with Crippen molar-refractivity contribution in [1.82, 2.24) is 4.98 Å². The van der Waals surface area contributed by atoms with Crippen LogP contribution in [0.4, 0.5) is 0 Å². The van der Waals surface area contributed by atoms with Gasteiger partial charge in [-0.15, -0.1) is 24.8 Å². The zero-order valence-corrected chi connectivity index (χ0v) is 14.7. The van der Waals surface area contributed by atoms with Crippen LogP contribution >= 0.6 is 24.8 Å². The van der Waals surface area contributed by atoms with E-state index in [0.29, 0.717) is 23.6 Å². The quantitative estimate of drug-likeness (QED) is 0.753. The molecular formula is C16H20Cl2N2O4. The van der Waals surface area contributed by atoms with E-state index in [4.69, 9.17) is 15.6 Å². The minimum Gasteiger partial charge on any atom is -0.465 e. The van der Waals surface area contributed by atoms with Crippen molar-refractivity contribution < 1.29 is 19.4 Å². The highest BCUT2D eigenvalue weighted by atomic mass is 35.5. The van der Waals surface area contributed by atoms with E-state index in [1.165, 1.54) is 13.3 Å². The average molecular weight is 375 g/mol. The second-order valence-electron chi connectivity index (χ2n) is 4.77. The molecule has 0 aliphatic carbocycles. The summed E-state index contributed by atoms with van der Waals surface area (Å²) in [5, 5.41) is 8.93. The van der Waals surface area contributed by atoms with Crippen molar-refractivity contribution in [2.75, 3.05) is 13.7 Å². The van der Waals surface area contributed by atoms with Gasteiger partial charge in [-0.2, -0.15) is 0 Å². The molecule has 132 valence electrons. The molecule has 2 aromatic rings. The van der Waals surface area contributed by atoms with Crippen molar-refractivity contribution in [3.63, 3.8) is 0 Å². The third kappa shape index (κ3) is 6.33. The number of nitrogens with zero attached hydrogens (tertiary/aromatic N) is 1. The fourth-order valence-electron chi connectivity index (χ4n) is 1.86. The molecule has 1 heterocycles. The van der Waals surface area contributed by atoms with Crippen LogP contribution in [0.15, 0.2) is 42.6 Å². The Morgan fingerprint density at radius 3 is 2.38 bits per heavy atom. The molecule has 24 heavy (non-hydrogen) atoms. The van der Waals surface area contributed by atoms with E-state index in [2.05, 4.69) is 9.72 Å². The lowest BCUT2D eigenvalue weighted by Crippen LogP contribution is -2.26. The van der Waals surface area contributed by atoms with Crippen molar-refractivity contribution in [3.8, 4) is 11.6 Å². The molecule has 0 aliphatic rings. The number of nitrogens with two attached hydrogens (primary N) is 1. The maximum absolute atomic E-state index is 11.3. The van der Waals surface area contributed by atoms with Crippen LogP contribution in [0, 0.1) is 0 Å². The van der Waals surface area contributed by atoms with Gasteiger partial charge in [0, 0.05) is 18.3 Å². The fourth-order valence-corrected chi connectivity index (χ4v) is 1.86. The van der Waals surface area contributed by atoms with E-state index in [0.717, 1.165) is 5.56 Å². The average Bonchev–Trinajstić information content (AvgIpc) is 2.56. The Labute approximate surface area is 152 Å². The van der Waals surface area contributed by atoms with E-state index in [-0.39, 0.29) is 37.5 Å². The normalized spacial score (nSPS) is 10.8. The number of rotatable bonds is 6. The number of hydrogen-bond acceptors (Lipinski definition) is 6. The lowest BCUT2D eigenvalue weighted by atomic mass is 10.1. The van der Waals surface area contributed by atoms with E-state index < -0.39 is 5.97 Å². The Morgan fingerprint density at radius 1 is 1.21 bits per heavy atom. The Bertz CT molecular complexity index is 621.